The van der Waals surface area contributed by atoms with Crippen LogP contribution in [0, 0.1) is 0 Å². The zero-order chi connectivity index (χ0) is 12.8. The number of hydrogen-bond acceptors (Lipinski definition) is 5. The molecule has 0 aromatic carbocycles. The molecule has 0 unspecified atom stereocenters. The molecule has 0 aliphatic carbocycles. The number of ether oxygens (including phenoxy) is 2. The molecule has 1 amide bonds. The largest absolute Gasteiger partial charge is 0.494 e. The Balaban J connectivity index is 2.67. The number of pyridine rings is 1. The highest BCUT2D eigenvalue weighted by atomic mass is 16.7. The average molecular weight is 242 g/mol. The van der Waals surface area contributed by atoms with Crippen molar-refractivity contribution in [3.8, 4) is 5.88 Å². The summed E-state index contributed by atoms with van der Waals surface area (Å²) >= 11 is 0. The summed E-state index contributed by atoms with van der Waals surface area (Å²) in [7, 11) is 2.89. The van der Waals surface area contributed by atoms with Crippen molar-refractivity contribution in [1.29, 1.82) is 0 Å². The quantitative estimate of drug-likeness (QED) is 0.600. The Bertz CT molecular complexity index is 439. The first-order chi connectivity index (χ1) is 8.06. The highest BCUT2D eigenvalue weighted by molar-refractivity contribution is 5.94. The van der Waals surface area contributed by atoms with Gasteiger partial charge < -0.3 is 19.9 Å². The molecule has 0 aliphatic rings. The zero-order valence-corrected chi connectivity index (χ0v) is 9.52. The van der Waals surface area contributed by atoms with Crippen molar-refractivity contribution >= 4 is 5.91 Å². The van der Waals surface area contributed by atoms with Crippen LogP contribution in [0.15, 0.2) is 16.9 Å². The Morgan fingerprint density at radius 2 is 2.12 bits per heavy atom. The van der Waals surface area contributed by atoms with E-state index in [0.717, 1.165) is 12.1 Å². The van der Waals surface area contributed by atoms with Crippen LogP contribution in [0.4, 0.5) is 0 Å². The molecule has 0 saturated heterocycles. The van der Waals surface area contributed by atoms with Gasteiger partial charge in [0.05, 0.1) is 12.1 Å². The number of carbonyl (C=O) groups is 1. The first kappa shape index (κ1) is 13.2. The summed E-state index contributed by atoms with van der Waals surface area (Å²) in [4.78, 5) is 24.7. The van der Waals surface area contributed by atoms with Crippen molar-refractivity contribution in [2.45, 2.75) is 6.29 Å². The van der Waals surface area contributed by atoms with Gasteiger partial charge in [-0.3, -0.25) is 14.6 Å². The third-order valence-corrected chi connectivity index (χ3v) is 2.05. The van der Waals surface area contributed by atoms with Crippen molar-refractivity contribution in [2.75, 3.05) is 20.8 Å². The summed E-state index contributed by atoms with van der Waals surface area (Å²) in [6.07, 6.45) is -0.561. The molecule has 1 aromatic heterocycles. The van der Waals surface area contributed by atoms with E-state index in [2.05, 4.69) is 10.3 Å². The second-order valence-corrected chi connectivity index (χ2v) is 3.23. The Hall–Kier alpha value is -1.86. The van der Waals surface area contributed by atoms with Gasteiger partial charge in [-0.25, -0.2) is 0 Å². The highest BCUT2D eigenvalue weighted by Gasteiger charge is 2.11. The lowest BCUT2D eigenvalue weighted by atomic mass is 10.2. The van der Waals surface area contributed by atoms with Crippen molar-refractivity contribution in [1.82, 2.24) is 10.3 Å². The Morgan fingerprint density at radius 1 is 1.47 bits per heavy atom. The van der Waals surface area contributed by atoms with E-state index < -0.39 is 17.8 Å². The number of H-pyrrole nitrogens is 1. The van der Waals surface area contributed by atoms with E-state index >= 15 is 0 Å². The van der Waals surface area contributed by atoms with Crippen molar-refractivity contribution in [2.24, 2.45) is 0 Å². The summed E-state index contributed by atoms with van der Waals surface area (Å²) in [6.45, 7) is 0.138. The van der Waals surface area contributed by atoms with Gasteiger partial charge in [-0.1, -0.05) is 0 Å². The zero-order valence-electron chi connectivity index (χ0n) is 9.52. The van der Waals surface area contributed by atoms with E-state index in [1.165, 1.54) is 14.2 Å². The van der Waals surface area contributed by atoms with Crippen molar-refractivity contribution < 1.29 is 19.4 Å². The first-order valence-corrected chi connectivity index (χ1v) is 4.84. The molecule has 0 saturated carbocycles. The molecule has 0 fully saturated rings. The molecule has 0 radical (unpaired) electrons. The van der Waals surface area contributed by atoms with E-state index in [9.17, 15) is 9.59 Å². The second-order valence-electron chi connectivity index (χ2n) is 3.23. The van der Waals surface area contributed by atoms with Crippen LogP contribution in [0.2, 0.25) is 0 Å². The van der Waals surface area contributed by atoms with Gasteiger partial charge in [0.2, 0.25) is 0 Å². The predicted octanol–water partition coefficient (Wildman–Crippen LogP) is -0.571. The predicted molar refractivity (Wildman–Crippen MR) is 58.9 cm³/mol. The van der Waals surface area contributed by atoms with E-state index in [0.29, 0.717) is 0 Å². The van der Waals surface area contributed by atoms with E-state index in [1.54, 1.807) is 0 Å². The van der Waals surface area contributed by atoms with Gasteiger partial charge in [-0.2, -0.15) is 0 Å². The lowest BCUT2D eigenvalue weighted by Crippen LogP contribution is -2.34. The number of amides is 1. The number of aromatic nitrogens is 1. The normalized spacial score (nSPS) is 10.5. The maximum absolute atomic E-state index is 11.6. The van der Waals surface area contributed by atoms with Gasteiger partial charge in [0.1, 0.15) is 0 Å². The standard InChI is InChI=1S/C10H14N2O5/c1-16-9(17-2)5-11-10(15)6-3-7(13)12-8(14)4-6/h3-4,9H,5H2,1-2H3,(H,11,15)(H2,12,13,14). The minimum absolute atomic E-state index is 0.0669. The third kappa shape index (κ3) is 3.89. The van der Waals surface area contributed by atoms with Crippen LogP contribution in [0.3, 0.4) is 0 Å². The molecule has 0 aliphatic heterocycles. The number of rotatable bonds is 5. The summed E-state index contributed by atoms with van der Waals surface area (Å²) in [5.74, 6) is -0.858. The SMILES string of the molecule is COC(CNC(=O)c1cc(O)[nH]c(=O)c1)OC. The lowest BCUT2D eigenvalue weighted by Gasteiger charge is -2.13. The summed E-state index contributed by atoms with van der Waals surface area (Å²) in [6, 6.07) is 2.25. The third-order valence-electron chi connectivity index (χ3n) is 2.05. The minimum Gasteiger partial charge on any atom is -0.494 e. The Labute approximate surface area is 97.4 Å². The van der Waals surface area contributed by atoms with Gasteiger partial charge in [0.25, 0.3) is 11.5 Å². The molecule has 1 aromatic rings. The molecule has 7 heteroatoms. The van der Waals surface area contributed by atoms with Crippen molar-refractivity contribution in [3.05, 3.63) is 28.0 Å². The van der Waals surface area contributed by atoms with Crippen LogP contribution in [-0.4, -0.2) is 43.1 Å². The molecule has 3 N–H and O–H groups in total. The van der Waals surface area contributed by atoms with Gasteiger partial charge in [-0.15, -0.1) is 0 Å². The molecular formula is C10H14N2O5. The van der Waals surface area contributed by atoms with E-state index in [1.807, 2.05) is 0 Å². The summed E-state index contributed by atoms with van der Waals surface area (Å²) in [5, 5.41) is 11.6. The molecule has 0 spiro atoms. The maximum Gasteiger partial charge on any atom is 0.251 e. The van der Waals surface area contributed by atoms with Crippen LogP contribution in [0.1, 0.15) is 10.4 Å². The second kappa shape index (κ2) is 6.02. The van der Waals surface area contributed by atoms with Gasteiger partial charge in [0.15, 0.2) is 12.2 Å². The molecule has 7 nitrogen and oxygen atoms in total. The van der Waals surface area contributed by atoms with Gasteiger partial charge in [-0.05, 0) is 0 Å². The maximum atomic E-state index is 11.6. The highest BCUT2D eigenvalue weighted by Crippen LogP contribution is 2.03. The Kier molecular flexibility index (Phi) is 4.68. The molecule has 1 rings (SSSR count). The lowest BCUT2D eigenvalue weighted by molar-refractivity contribution is -0.0974. The van der Waals surface area contributed by atoms with Crippen LogP contribution in [-0.2, 0) is 9.47 Å². The Morgan fingerprint density at radius 3 is 2.65 bits per heavy atom. The number of carbonyl (C=O) groups excluding carboxylic acids is 1. The first-order valence-electron chi connectivity index (χ1n) is 4.84. The van der Waals surface area contributed by atoms with Crippen LogP contribution in [0.5, 0.6) is 5.88 Å². The molecule has 0 atom stereocenters. The van der Waals surface area contributed by atoms with Crippen LogP contribution < -0.4 is 10.9 Å². The number of hydrogen-bond donors (Lipinski definition) is 3. The van der Waals surface area contributed by atoms with Crippen molar-refractivity contribution in [3.63, 3.8) is 0 Å². The summed E-state index contributed by atoms with van der Waals surface area (Å²) < 4.78 is 9.76. The van der Waals surface area contributed by atoms with E-state index in [-0.39, 0.29) is 18.0 Å². The van der Waals surface area contributed by atoms with Crippen LogP contribution >= 0.6 is 0 Å². The summed E-state index contributed by atoms with van der Waals surface area (Å²) in [5.41, 5.74) is -0.484. The average Bonchev–Trinajstić information content (AvgIpc) is 2.28. The number of aromatic amines is 1. The molecule has 0 bridgehead atoms. The number of nitrogens with one attached hydrogen (secondary N) is 2. The number of aromatic hydroxyl groups is 1. The molecule has 1 heterocycles. The van der Waals surface area contributed by atoms with Gasteiger partial charge in [0, 0.05) is 26.4 Å². The molecular weight excluding hydrogens is 228 g/mol. The minimum atomic E-state index is -0.561. The fourth-order valence-electron chi connectivity index (χ4n) is 1.20. The fourth-order valence-corrected chi connectivity index (χ4v) is 1.20. The van der Waals surface area contributed by atoms with Crippen LogP contribution in [0.25, 0.3) is 0 Å². The smallest absolute Gasteiger partial charge is 0.251 e. The monoisotopic (exact) mass is 242 g/mol. The number of methoxy groups -OCH3 is 2. The topological polar surface area (TPSA) is 101 Å². The van der Waals surface area contributed by atoms with Gasteiger partial charge >= 0.3 is 0 Å². The molecule has 94 valence electrons. The molecule has 17 heavy (non-hydrogen) atoms. The van der Waals surface area contributed by atoms with E-state index in [4.69, 9.17) is 14.6 Å². The fraction of sp³-hybridized carbons (Fsp3) is 0.400.